The smallest absolute Gasteiger partial charge is 0.310 e. The van der Waals surface area contributed by atoms with Gasteiger partial charge in [0.05, 0.1) is 18.1 Å². The van der Waals surface area contributed by atoms with Gasteiger partial charge in [0.2, 0.25) is 0 Å². The average Bonchev–Trinajstić information content (AvgIpc) is 3.04. The summed E-state index contributed by atoms with van der Waals surface area (Å²) in [5.74, 6) is 1.54. The van der Waals surface area contributed by atoms with Crippen molar-refractivity contribution in [2.24, 2.45) is 11.8 Å². The van der Waals surface area contributed by atoms with Crippen LogP contribution in [0.5, 0.6) is 0 Å². The lowest BCUT2D eigenvalue weighted by Gasteiger charge is -2.22. The van der Waals surface area contributed by atoms with Gasteiger partial charge >= 0.3 is 5.97 Å². The summed E-state index contributed by atoms with van der Waals surface area (Å²) in [7, 11) is 0. The van der Waals surface area contributed by atoms with E-state index in [0.29, 0.717) is 5.75 Å². The Labute approximate surface area is 136 Å². The molecule has 2 fully saturated rings. The van der Waals surface area contributed by atoms with Gasteiger partial charge in [-0.25, -0.2) is 0 Å². The van der Waals surface area contributed by atoms with Crippen molar-refractivity contribution in [2.75, 3.05) is 18.1 Å². The normalized spacial score (nSPS) is 43.6. The topological polar surface area (TPSA) is 59.1 Å². The predicted octanol–water partition coefficient (Wildman–Crippen LogP) is 2.55. The quantitative estimate of drug-likeness (QED) is 0.372. The van der Waals surface area contributed by atoms with Crippen LogP contribution in [0.25, 0.3) is 0 Å². The number of carbonyl (C=O) groups excluding carboxylic acids is 1. The first-order chi connectivity index (χ1) is 10.5. The minimum absolute atomic E-state index is 0.0535. The number of epoxide rings is 1. The van der Waals surface area contributed by atoms with E-state index in [2.05, 4.69) is 19.9 Å². The molecule has 1 aliphatic carbocycles. The van der Waals surface area contributed by atoms with Crippen molar-refractivity contribution in [1.29, 1.82) is 0 Å². The first kappa shape index (κ1) is 16.3. The Bertz CT molecular complexity index is 464. The highest BCUT2D eigenvalue weighted by Gasteiger charge is 2.62. The molecule has 0 aromatic heterocycles. The molecule has 0 unspecified atom stereocenters. The zero-order valence-electron chi connectivity index (χ0n) is 13.4. The third-order valence-corrected chi connectivity index (χ3v) is 6.34. The summed E-state index contributed by atoms with van der Waals surface area (Å²) in [6.45, 7) is 4.48. The van der Waals surface area contributed by atoms with E-state index in [9.17, 15) is 4.79 Å². The van der Waals surface area contributed by atoms with Crippen molar-refractivity contribution >= 4 is 17.7 Å². The molecule has 2 aliphatic heterocycles. The van der Waals surface area contributed by atoms with E-state index in [-0.39, 0.29) is 42.2 Å². The number of hydrogen-bond acceptors (Lipinski definition) is 5. The van der Waals surface area contributed by atoms with Crippen LogP contribution in [-0.2, 0) is 14.3 Å². The molecule has 1 N–H and O–H groups in total. The lowest BCUT2D eigenvalue weighted by molar-refractivity contribution is -0.144. The molecule has 0 bridgehead atoms. The fraction of sp³-hybridized carbons (Fsp3) is 0.824. The van der Waals surface area contributed by atoms with Gasteiger partial charge in [-0.15, -0.1) is 0 Å². The average molecular weight is 326 g/mol. The molecule has 3 rings (SSSR count). The van der Waals surface area contributed by atoms with Crippen LogP contribution in [-0.4, -0.2) is 47.0 Å². The zero-order chi connectivity index (χ0) is 15.7. The molecule has 5 heteroatoms. The standard InChI is InChI=1S/C17H26O4S/c1-11-4-3-7-17(2)15(21-17)14-12(6-5-11)13(16(19)20-14)10-22-9-8-18/h4,12-15,18H,3,5-10H2,1-2H3/b11-4+/t12-,13-,14-,15+,17+/m0/s1. The van der Waals surface area contributed by atoms with Gasteiger partial charge in [0, 0.05) is 17.4 Å². The van der Waals surface area contributed by atoms with Gasteiger partial charge in [0.25, 0.3) is 0 Å². The molecular weight excluding hydrogens is 300 g/mol. The molecule has 0 radical (unpaired) electrons. The molecule has 0 aromatic carbocycles. The molecular formula is C17H26O4S. The molecule has 0 aromatic rings. The molecule has 124 valence electrons. The van der Waals surface area contributed by atoms with Gasteiger partial charge < -0.3 is 14.6 Å². The van der Waals surface area contributed by atoms with Crippen molar-refractivity contribution in [2.45, 2.75) is 57.3 Å². The number of hydrogen-bond donors (Lipinski definition) is 1. The molecule has 0 amide bonds. The van der Waals surface area contributed by atoms with Crippen molar-refractivity contribution in [3.05, 3.63) is 11.6 Å². The highest BCUT2D eigenvalue weighted by molar-refractivity contribution is 7.99. The van der Waals surface area contributed by atoms with Crippen LogP contribution in [0, 0.1) is 11.8 Å². The molecule has 4 nitrogen and oxygen atoms in total. The zero-order valence-corrected chi connectivity index (χ0v) is 14.2. The maximum atomic E-state index is 12.3. The number of aliphatic hydroxyl groups excluding tert-OH is 1. The van der Waals surface area contributed by atoms with Crippen molar-refractivity contribution < 1.29 is 19.4 Å². The number of allylic oxidation sites excluding steroid dienone is 2. The second-order valence-electron chi connectivity index (χ2n) is 6.95. The lowest BCUT2D eigenvalue weighted by Crippen LogP contribution is -2.31. The summed E-state index contributed by atoms with van der Waals surface area (Å²) in [4.78, 5) is 12.3. The third kappa shape index (κ3) is 3.22. The minimum atomic E-state index is -0.121. The monoisotopic (exact) mass is 326 g/mol. The van der Waals surface area contributed by atoms with E-state index in [4.69, 9.17) is 14.6 Å². The van der Waals surface area contributed by atoms with E-state index in [1.807, 2.05) is 0 Å². The van der Waals surface area contributed by atoms with Gasteiger partial charge in [0.15, 0.2) is 0 Å². The molecule has 22 heavy (non-hydrogen) atoms. The summed E-state index contributed by atoms with van der Waals surface area (Å²) in [5, 5.41) is 8.94. The van der Waals surface area contributed by atoms with E-state index in [1.165, 1.54) is 5.57 Å². The largest absolute Gasteiger partial charge is 0.459 e. The first-order valence-electron chi connectivity index (χ1n) is 8.28. The van der Waals surface area contributed by atoms with E-state index >= 15 is 0 Å². The Hall–Kier alpha value is -0.520. The highest BCUT2D eigenvalue weighted by atomic mass is 32.2. The van der Waals surface area contributed by atoms with Crippen LogP contribution in [0.1, 0.15) is 39.5 Å². The molecule has 2 heterocycles. The maximum absolute atomic E-state index is 12.3. The number of aliphatic hydroxyl groups is 1. The summed E-state index contributed by atoms with van der Waals surface area (Å²) < 4.78 is 11.7. The van der Waals surface area contributed by atoms with Gasteiger partial charge in [-0.05, 0) is 39.5 Å². The second-order valence-corrected chi connectivity index (χ2v) is 8.10. The third-order valence-electron chi connectivity index (χ3n) is 5.27. The predicted molar refractivity (Wildman–Crippen MR) is 86.8 cm³/mol. The van der Waals surface area contributed by atoms with E-state index in [1.54, 1.807) is 11.8 Å². The highest BCUT2D eigenvalue weighted by Crippen LogP contribution is 2.50. The van der Waals surface area contributed by atoms with Crippen LogP contribution >= 0.6 is 11.8 Å². The summed E-state index contributed by atoms with van der Waals surface area (Å²) in [6, 6.07) is 0. The molecule has 2 saturated heterocycles. The number of rotatable bonds is 4. The number of carbonyl (C=O) groups is 1. The van der Waals surface area contributed by atoms with Crippen LogP contribution in [0.3, 0.4) is 0 Å². The van der Waals surface area contributed by atoms with Crippen molar-refractivity contribution in [3.63, 3.8) is 0 Å². The maximum Gasteiger partial charge on any atom is 0.310 e. The second kappa shape index (κ2) is 6.54. The number of fused-ring (bicyclic) bond motifs is 3. The van der Waals surface area contributed by atoms with Crippen LogP contribution in [0.15, 0.2) is 11.6 Å². The van der Waals surface area contributed by atoms with Crippen LogP contribution in [0.4, 0.5) is 0 Å². The Balaban J connectivity index is 1.75. The fourth-order valence-corrected chi connectivity index (χ4v) is 4.74. The number of esters is 1. The van der Waals surface area contributed by atoms with Crippen molar-refractivity contribution in [1.82, 2.24) is 0 Å². The van der Waals surface area contributed by atoms with E-state index in [0.717, 1.165) is 31.4 Å². The Morgan fingerprint density at radius 2 is 2.32 bits per heavy atom. The number of ether oxygens (including phenoxy) is 2. The summed E-state index contributed by atoms with van der Waals surface area (Å²) in [6.07, 6.45) is 6.36. The van der Waals surface area contributed by atoms with Crippen LogP contribution in [0.2, 0.25) is 0 Å². The van der Waals surface area contributed by atoms with Gasteiger partial charge in [-0.1, -0.05) is 11.6 Å². The first-order valence-corrected chi connectivity index (χ1v) is 9.43. The molecule has 0 spiro atoms. The Kier molecular flexibility index (Phi) is 4.86. The van der Waals surface area contributed by atoms with Gasteiger partial charge in [0.1, 0.15) is 12.2 Å². The Morgan fingerprint density at radius 3 is 3.09 bits per heavy atom. The summed E-state index contributed by atoms with van der Waals surface area (Å²) in [5.41, 5.74) is 1.28. The minimum Gasteiger partial charge on any atom is -0.459 e. The molecule has 0 saturated carbocycles. The van der Waals surface area contributed by atoms with Gasteiger partial charge in [-0.2, -0.15) is 11.8 Å². The van der Waals surface area contributed by atoms with E-state index < -0.39 is 0 Å². The SMILES string of the molecule is C/C1=C\CC[C@@]2(C)O[C@@H]2[C@H]2OC(=O)[C@@H](CSCCO)[C@@H]2CC1. The molecule has 5 atom stereocenters. The Morgan fingerprint density at radius 1 is 1.50 bits per heavy atom. The molecule has 3 aliphatic rings. The summed E-state index contributed by atoms with van der Waals surface area (Å²) >= 11 is 1.64. The van der Waals surface area contributed by atoms with Crippen molar-refractivity contribution in [3.8, 4) is 0 Å². The fourth-order valence-electron chi connectivity index (χ4n) is 3.80. The van der Waals surface area contributed by atoms with Gasteiger partial charge in [-0.3, -0.25) is 4.79 Å². The lowest BCUT2D eigenvalue weighted by atomic mass is 9.81. The number of thioether (sulfide) groups is 1. The van der Waals surface area contributed by atoms with Crippen LogP contribution < -0.4 is 0 Å².